The molecule has 0 saturated heterocycles. The second kappa shape index (κ2) is 9.61. The normalized spacial score (nSPS) is 10.5. The minimum atomic E-state index is -0.354. The molecule has 25 heavy (non-hydrogen) atoms. The predicted molar refractivity (Wildman–Crippen MR) is 94.9 cm³/mol. The Morgan fingerprint density at radius 3 is 2.68 bits per heavy atom. The fourth-order valence-corrected chi connectivity index (χ4v) is 2.16. The van der Waals surface area contributed by atoms with E-state index in [1.165, 1.54) is 6.26 Å². The van der Waals surface area contributed by atoms with Gasteiger partial charge in [-0.3, -0.25) is 9.59 Å². The van der Waals surface area contributed by atoms with Crippen LogP contribution in [-0.2, 0) is 4.74 Å². The molecule has 7 nitrogen and oxygen atoms in total. The van der Waals surface area contributed by atoms with E-state index in [0.29, 0.717) is 30.9 Å². The molecule has 1 aromatic carbocycles. The second-order valence-electron chi connectivity index (χ2n) is 5.46. The van der Waals surface area contributed by atoms with Gasteiger partial charge in [0.2, 0.25) is 0 Å². The quantitative estimate of drug-likeness (QED) is 0.603. The third kappa shape index (κ3) is 5.74. The SMILES string of the molecule is COCCNCCNC(=O)c1ccc(C)c(NC(=O)c2ccco2)c1. The molecule has 134 valence electrons. The van der Waals surface area contributed by atoms with Gasteiger partial charge in [0.05, 0.1) is 12.9 Å². The van der Waals surface area contributed by atoms with Crippen LogP contribution in [0.4, 0.5) is 5.69 Å². The molecule has 1 heterocycles. The Morgan fingerprint density at radius 1 is 1.12 bits per heavy atom. The summed E-state index contributed by atoms with van der Waals surface area (Å²) in [6.07, 6.45) is 1.44. The Hall–Kier alpha value is -2.64. The smallest absolute Gasteiger partial charge is 0.291 e. The molecule has 0 atom stereocenters. The van der Waals surface area contributed by atoms with Gasteiger partial charge in [-0.15, -0.1) is 0 Å². The van der Waals surface area contributed by atoms with Crippen LogP contribution in [0.25, 0.3) is 0 Å². The number of nitrogens with one attached hydrogen (secondary N) is 3. The average Bonchev–Trinajstić information content (AvgIpc) is 3.14. The highest BCUT2D eigenvalue weighted by Gasteiger charge is 2.12. The zero-order valence-corrected chi connectivity index (χ0v) is 14.4. The van der Waals surface area contributed by atoms with Crippen LogP contribution in [0.15, 0.2) is 41.0 Å². The Balaban J connectivity index is 1.91. The summed E-state index contributed by atoms with van der Waals surface area (Å²) in [6.45, 7) is 4.39. The molecular weight excluding hydrogens is 322 g/mol. The van der Waals surface area contributed by atoms with Gasteiger partial charge in [0.15, 0.2) is 5.76 Å². The molecule has 0 aliphatic rings. The molecule has 0 radical (unpaired) electrons. The molecule has 2 amide bonds. The maximum atomic E-state index is 12.2. The van der Waals surface area contributed by atoms with Gasteiger partial charge in [0, 0.05) is 38.0 Å². The summed E-state index contributed by atoms with van der Waals surface area (Å²) in [4.78, 5) is 24.3. The van der Waals surface area contributed by atoms with Gasteiger partial charge in [0.1, 0.15) is 0 Å². The van der Waals surface area contributed by atoms with Gasteiger partial charge >= 0.3 is 0 Å². The van der Waals surface area contributed by atoms with E-state index in [1.807, 2.05) is 6.92 Å². The molecule has 7 heteroatoms. The molecule has 0 spiro atoms. The first-order valence-electron chi connectivity index (χ1n) is 8.05. The topological polar surface area (TPSA) is 92.6 Å². The largest absolute Gasteiger partial charge is 0.459 e. The van der Waals surface area contributed by atoms with E-state index in [9.17, 15) is 9.59 Å². The maximum absolute atomic E-state index is 12.2. The van der Waals surface area contributed by atoms with Crippen molar-refractivity contribution >= 4 is 17.5 Å². The van der Waals surface area contributed by atoms with Gasteiger partial charge in [-0.05, 0) is 36.8 Å². The first kappa shape index (κ1) is 18.7. The van der Waals surface area contributed by atoms with E-state index in [-0.39, 0.29) is 17.6 Å². The molecule has 0 aliphatic carbocycles. The standard InChI is InChI=1S/C18H23N3O4/c1-13-5-6-14(17(22)20-8-7-19-9-11-24-2)12-15(13)21-18(23)16-4-3-10-25-16/h3-6,10,12,19H,7-9,11H2,1-2H3,(H,20,22)(H,21,23). The van der Waals surface area contributed by atoms with Crippen molar-refractivity contribution in [1.82, 2.24) is 10.6 Å². The number of anilines is 1. The van der Waals surface area contributed by atoms with Crippen molar-refractivity contribution in [3.8, 4) is 0 Å². The highest BCUT2D eigenvalue weighted by molar-refractivity contribution is 6.03. The van der Waals surface area contributed by atoms with Crippen molar-refractivity contribution in [2.45, 2.75) is 6.92 Å². The van der Waals surface area contributed by atoms with E-state index in [1.54, 1.807) is 37.4 Å². The van der Waals surface area contributed by atoms with Crippen LogP contribution in [0, 0.1) is 6.92 Å². The molecule has 2 rings (SSSR count). The minimum Gasteiger partial charge on any atom is -0.459 e. The minimum absolute atomic E-state index is 0.193. The first-order chi connectivity index (χ1) is 12.1. The fourth-order valence-electron chi connectivity index (χ4n) is 2.16. The number of furan rings is 1. The van der Waals surface area contributed by atoms with Crippen LogP contribution >= 0.6 is 0 Å². The van der Waals surface area contributed by atoms with Gasteiger partial charge < -0.3 is 25.1 Å². The molecule has 0 saturated carbocycles. The van der Waals surface area contributed by atoms with Crippen LogP contribution in [0.3, 0.4) is 0 Å². The number of aryl methyl sites for hydroxylation is 1. The maximum Gasteiger partial charge on any atom is 0.291 e. The van der Waals surface area contributed by atoms with Crippen molar-refractivity contribution in [2.75, 3.05) is 38.7 Å². The molecular formula is C18H23N3O4. The Kier molecular flexibility index (Phi) is 7.18. The number of hydrogen-bond acceptors (Lipinski definition) is 5. The van der Waals surface area contributed by atoms with E-state index in [2.05, 4.69) is 16.0 Å². The van der Waals surface area contributed by atoms with Gasteiger partial charge in [0.25, 0.3) is 11.8 Å². The molecule has 2 aromatic rings. The molecule has 0 unspecified atom stereocenters. The van der Waals surface area contributed by atoms with Gasteiger partial charge in [-0.25, -0.2) is 0 Å². The van der Waals surface area contributed by atoms with E-state index >= 15 is 0 Å². The predicted octanol–water partition coefficient (Wildman–Crippen LogP) is 1.81. The van der Waals surface area contributed by atoms with E-state index in [4.69, 9.17) is 9.15 Å². The van der Waals surface area contributed by atoms with Crippen molar-refractivity contribution in [3.05, 3.63) is 53.5 Å². The molecule has 0 aliphatic heterocycles. The summed E-state index contributed by atoms with van der Waals surface area (Å²) in [6, 6.07) is 8.41. The fraction of sp³-hybridized carbons (Fsp3) is 0.333. The number of carbonyl (C=O) groups is 2. The van der Waals surface area contributed by atoms with Gasteiger partial charge in [-0.2, -0.15) is 0 Å². The summed E-state index contributed by atoms with van der Waals surface area (Å²) >= 11 is 0. The highest BCUT2D eigenvalue weighted by Crippen LogP contribution is 2.18. The van der Waals surface area contributed by atoms with Crippen LogP contribution in [0.2, 0.25) is 0 Å². The monoisotopic (exact) mass is 345 g/mol. The van der Waals surface area contributed by atoms with Crippen LogP contribution in [0.5, 0.6) is 0 Å². The number of rotatable bonds is 9. The highest BCUT2D eigenvalue weighted by atomic mass is 16.5. The van der Waals surface area contributed by atoms with Crippen molar-refractivity contribution in [2.24, 2.45) is 0 Å². The molecule has 0 fully saturated rings. The van der Waals surface area contributed by atoms with Crippen molar-refractivity contribution < 1.29 is 18.7 Å². The summed E-state index contributed by atoms with van der Waals surface area (Å²) in [5, 5.41) is 8.74. The third-order valence-electron chi connectivity index (χ3n) is 3.56. The van der Waals surface area contributed by atoms with Crippen molar-refractivity contribution in [3.63, 3.8) is 0 Å². The zero-order valence-electron chi connectivity index (χ0n) is 14.4. The molecule has 1 aromatic heterocycles. The Labute approximate surface area is 146 Å². The van der Waals surface area contributed by atoms with Gasteiger partial charge in [-0.1, -0.05) is 6.07 Å². The number of amides is 2. The number of methoxy groups -OCH3 is 1. The number of carbonyl (C=O) groups excluding carboxylic acids is 2. The van der Waals surface area contributed by atoms with Crippen LogP contribution < -0.4 is 16.0 Å². The lowest BCUT2D eigenvalue weighted by Gasteiger charge is -2.11. The number of hydrogen-bond donors (Lipinski definition) is 3. The Bertz CT molecular complexity index is 698. The van der Waals surface area contributed by atoms with E-state index in [0.717, 1.165) is 12.1 Å². The lowest BCUT2D eigenvalue weighted by Crippen LogP contribution is -2.33. The second-order valence-corrected chi connectivity index (χ2v) is 5.46. The molecule has 3 N–H and O–H groups in total. The van der Waals surface area contributed by atoms with Crippen molar-refractivity contribution in [1.29, 1.82) is 0 Å². The van der Waals surface area contributed by atoms with Crippen LogP contribution in [-0.4, -0.2) is 45.2 Å². The Morgan fingerprint density at radius 2 is 1.96 bits per heavy atom. The zero-order chi connectivity index (χ0) is 18.1. The summed E-state index contributed by atoms with van der Waals surface area (Å²) in [7, 11) is 1.64. The average molecular weight is 345 g/mol. The lowest BCUT2D eigenvalue weighted by molar-refractivity contribution is 0.0951. The summed E-state index contributed by atoms with van der Waals surface area (Å²) < 4.78 is 10.0. The van der Waals surface area contributed by atoms with Crippen LogP contribution in [0.1, 0.15) is 26.5 Å². The number of ether oxygens (including phenoxy) is 1. The first-order valence-corrected chi connectivity index (χ1v) is 8.05. The lowest BCUT2D eigenvalue weighted by atomic mass is 10.1. The summed E-state index contributed by atoms with van der Waals surface area (Å²) in [5.74, 6) is -0.327. The third-order valence-corrected chi connectivity index (χ3v) is 3.56. The van der Waals surface area contributed by atoms with E-state index < -0.39 is 0 Å². The number of benzene rings is 1. The summed E-state index contributed by atoms with van der Waals surface area (Å²) in [5.41, 5.74) is 1.92. The molecule has 0 bridgehead atoms.